The summed E-state index contributed by atoms with van der Waals surface area (Å²) in [6.07, 6.45) is 0.242. The van der Waals surface area contributed by atoms with Crippen LogP contribution in [0.4, 0.5) is 4.79 Å². The molecule has 1 aromatic carbocycles. The summed E-state index contributed by atoms with van der Waals surface area (Å²) in [5.74, 6) is 0.0667. The minimum absolute atomic E-state index is 0.0667. The number of carbonyl (C=O) groups is 2. The Kier molecular flexibility index (Phi) is 3.67. The fraction of sp³-hybridized carbons (Fsp3) is 0.357. The van der Waals surface area contributed by atoms with Gasteiger partial charge in [-0.15, -0.1) is 0 Å². The highest BCUT2D eigenvalue weighted by Gasteiger charge is 2.38. The molecule has 1 aromatic rings. The molecule has 1 fully saturated rings. The van der Waals surface area contributed by atoms with Crippen molar-refractivity contribution in [1.82, 2.24) is 9.91 Å². The summed E-state index contributed by atoms with van der Waals surface area (Å²) >= 11 is 3.37. The molecule has 6 nitrogen and oxygen atoms in total. The molecule has 21 heavy (non-hydrogen) atoms. The van der Waals surface area contributed by atoms with Crippen LogP contribution < -0.4 is 0 Å². The Morgan fingerprint density at radius 2 is 2.05 bits per heavy atom. The van der Waals surface area contributed by atoms with Gasteiger partial charge >= 0.3 is 6.09 Å². The number of likely N-dealkylation sites (tertiary alicyclic amines) is 1. The van der Waals surface area contributed by atoms with E-state index < -0.39 is 6.09 Å². The third-order valence-electron chi connectivity index (χ3n) is 3.74. The predicted octanol–water partition coefficient (Wildman–Crippen LogP) is 2.14. The highest BCUT2D eigenvalue weighted by molar-refractivity contribution is 9.10. The molecule has 2 heterocycles. The van der Waals surface area contributed by atoms with E-state index in [1.165, 1.54) is 0 Å². The fourth-order valence-corrected chi connectivity index (χ4v) is 2.99. The van der Waals surface area contributed by atoms with Crippen LogP contribution in [0.5, 0.6) is 0 Å². The van der Waals surface area contributed by atoms with Crippen molar-refractivity contribution in [1.29, 1.82) is 0 Å². The maximum Gasteiger partial charge on any atom is 0.428 e. The normalized spacial score (nSPS) is 21.9. The topological polar surface area (TPSA) is 73.2 Å². The number of hydrazone groups is 1. The summed E-state index contributed by atoms with van der Waals surface area (Å²) in [4.78, 5) is 24.9. The highest BCUT2D eigenvalue weighted by Crippen LogP contribution is 2.24. The minimum atomic E-state index is -1.10. The molecule has 2 aliphatic rings. The molecule has 2 aliphatic heterocycles. The average molecular weight is 352 g/mol. The van der Waals surface area contributed by atoms with Crippen LogP contribution in [0.3, 0.4) is 0 Å². The van der Waals surface area contributed by atoms with Gasteiger partial charge in [-0.25, -0.2) is 4.79 Å². The number of rotatable bonds is 2. The van der Waals surface area contributed by atoms with Gasteiger partial charge in [0, 0.05) is 23.0 Å². The van der Waals surface area contributed by atoms with Gasteiger partial charge in [0.05, 0.1) is 18.3 Å². The van der Waals surface area contributed by atoms with Gasteiger partial charge in [0.1, 0.15) is 0 Å². The maximum atomic E-state index is 12.0. The van der Waals surface area contributed by atoms with E-state index in [4.69, 9.17) is 5.11 Å². The van der Waals surface area contributed by atoms with Crippen molar-refractivity contribution in [3.05, 3.63) is 34.3 Å². The van der Waals surface area contributed by atoms with Gasteiger partial charge in [-0.05, 0) is 18.6 Å². The van der Waals surface area contributed by atoms with Gasteiger partial charge in [0.25, 0.3) is 0 Å². The Balaban J connectivity index is 1.95. The van der Waals surface area contributed by atoms with Crippen molar-refractivity contribution in [3.8, 4) is 0 Å². The number of hydrogen-bond donors (Lipinski definition) is 1. The van der Waals surface area contributed by atoms with E-state index in [0.717, 1.165) is 21.5 Å². The molecule has 110 valence electrons. The molecule has 0 radical (unpaired) electrons. The Labute approximate surface area is 130 Å². The third-order valence-corrected chi connectivity index (χ3v) is 4.27. The molecule has 1 saturated heterocycles. The molecule has 7 heteroatoms. The van der Waals surface area contributed by atoms with E-state index in [-0.39, 0.29) is 18.5 Å². The van der Waals surface area contributed by atoms with Crippen molar-refractivity contribution < 1.29 is 14.7 Å². The molecular formula is C14H14BrN3O3. The van der Waals surface area contributed by atoms with E-state index in [9.17, 15) is 9.59 Å². The van der Waals surface area contributed by atoms with Crippen LogP contribution in [-0.2, 0) is 4.79 Å². The van der Waals surface area contributed by atoms with E-state index in [1.807, 2.05) is 24.3 Å². The van der Waals surface area contributed by atoms with Crippen LogP contribution in [0.15, 0.2) is 33.8 Å². The van der Waals surface area contributed by atoms with Crippen LogP contribution in [0.1, 0.15) is 18.4 Å². The second kappa shape index (κ2) is 5.48. The summed E-state index contributed by atoms with van der Waals surface area (Å²) in [6, 6.07) is 7.22. The second-order valence-corrected chi connectivity index (χ2v) is 5.98. The van der Waals surface area contributed by atoms with Crippen molar-refractivity contribution in [2.75, 3.05) is 13.1 Å². The molecule has 0 aliphatic carbocycles. The zero-order valence-corrected chi connectivity index (χ0v) is 12.8. The van der Waals surface area contributed by atoms with Crippen molar-refractivity contribution in [2.45, 2.75) is 18.9 Å². The Bertz CT molecular complexity index is 614. The Morgan fingerprint density at radius 1 is 1.33 bits per heavy atom. The Hall–Kier alpha value is -1.89. The molecule has 1 atom stereocenters. The Morgan fingerprint density at radius 3 is 2.62 bits per heavy atom. The van der Waals surface area contributed by atoms with E-state index in [0.29, 0.717) is 18.7 Å². The van der Waals surface area contributed by atoms with Crippen LogP contribution in [0.2, 0.25) is 0 Å². The first-order valence-electron chi connectivity index (χ1n) is 6.70. The molecule has 0 aromatic heterocycles. The zero-order chi connectivity index (χ0) is 15.0. The first-order chi connectivity index (χ1) is 10.1. The lowest BCUT2D eigenvalue weighted by molar-refractivity contribution is -0.128. The summed E-state index contributed by atoms with van der Waals surface area (Å²) < 4.78 is 0.939. The van der Waals surface area contributed by atoms with E-state index in [2.05, 4.69) is 21.0 Å². The molecule has 0 spiro atoms. The van der Waals surface area contributed by atoms with Crippen LogP contribution in [0.25, 0.3) is 0 Å². The van der Waals surface area contributed by atoms with Gasteiger partial charge < -0.3 is 10.0 Å². The molecule has 0 bridgehead atoms. The quantitative estimate of drug-likeness (QED) is 0.886. The molecule has 3 rings (SSSR count). The van der Waals surface area contributed by atoms with Crippen molar-refractivity contribution in [2.24, 2.45) is 5.10 Å². The third kappa shape index (κ3) is 2.65. The standard InChI is InChI=1S/C14H14BrN3O3/c15-10-5-3-9(4-6-10)13-11(8-18(16-13)14(20)21)17-7-1-2-12(17)19/h3-6,11H,1-2,7-8H2,(H,20,21). The molecule has 1 unspecified atom stereocenters. The maximum absolute atomic E-state index is 12.0. The molecular weight excluding hydrogens is 338 g/mol. The fourth-order valence-electron chi connectivity index (χ4n) is 2.72. The SMILES string of the molecule is O=C(O)N1CC(N2CCCC2=O)C(c2ccc(Br)cc2)=N1. The summed E-state index contributed by atoms with van der Waals surface area (Å²) in [5.41, 5.74) is 1.48. The molecule has 0 saturated carbocycles. The lowest BCUT2D eigenvalue weighted by Crippen LogP contribution is -2.44. The zero-order valence-electron chi connectivity index (χ0n) is 11.2. The number of carboxylic acid groups (broad SMARTS) is 1. The van der Waals surface area contributed by atoms with Crippen LogP contribution in [0, 0.1) is 0 Å². The van der Waals surface area contributed by atoms with Gasteiger partial charge in [-0.3, -0.25) is 4.79 Å². The summed E-state index contributed by atoms with van der Waals surface area (Å²) in [6.45, 7) is 0.860. The second-order valence-electron chi connectivity index (χ2n) is 5.06. The number of carbonyl (C=O) groups excluding carboxylic acids is 1. The van der Waals surface area contributed by atoms with Crippen molar-refractivity contribution in [3.63, 3.8) is 0 Å². The van der Waals surface area contributed by atoms with Gasteiger partial charge in [0.2, 0.25) is 5.91 Å². The van der Waals surface area contributed by atoms with Crippen molar-refractivity contribution >= 4 is 33.6 Å². The van der Waals surface area contributed by atoms with Gasteiger partial charge in [-0.2, -0.15) is 10.1 Å². The lowest BCUT2D eigenvalue weighted by atomic mass is 10.0. The first kappa shape index (κ1) is 14.1. The number of nitrogens with zero attached hydrogens (tertiary/aromatic N) is 3. The monoisotopic (exact) mass is 351 g/mol. The van der Waals surface area contributed by atoms with E-state index in [1.54, 1.807) is 4.90 Å². The first-order valence-corrected chi connectivity index (χ1v) is 7.50. The minimum Gasteiger partial charge on any atom is -0.464 e. The summed E-state index contributed by atoms with van der Waals surface area (Å²) in [5, 5.41) is 14.4. The molecule has 1 N–H and O–H groups in total. The summed E-state index contributed by atoms with van der Waals surface area (Å²) in [7, 11) is 0. The predicted molar refractivity (Wildman–Crippen MR) is 80.1 cm³/mol. The van der Waals surface area contributed by atoms with Crippen LogP contribution >= 0.6 is 15.9 Å². The van der Waals surface area contributed by atoms with Crippen LogP contribution in [-0.4, -0.2) is 51.9 Å². The highest BCUT2D eigenvalue weighted by atomic mass is 79.9. The molecule has 2 amide bonds. The number of benzene rings is 1. The number of halogens is 1. The number of hydrogen-bond acceptors (Lipinski definition) is 3. The van der Waals surface area contributed by atoms with Gasteiger partial charge in [-0.1, -0.05) is 28.1 Å². The average Bonchev–Trinajstić information content (AvgIpc) is 3.05. The van der Waals surface area contributed by atoms with Gasteiger partial charge in [0.15, 0.2) is 0 Å². The number of amides is 2. The lowest BCUT2D eigenvalue weighted by Gasteiger charge is -2.24. The smallest absolute Gasteiger partial charge is 0.428 e. The van der Waals surface area contributed by atoms with E-state index >= 15 is 0 Å². The largest absolute Gasteiger partial charge is 0.464 e.